The Hall–Kier alpha value is -2.49. The van der Waals surface area contributed by atoms with Crippen molar-refractivity contribution in [1.82, 2.24) is 5.32 Å². The fourth-order valence-corrected chi connectivity index (χ4v) is 2.32. The second-order valence-electron chi connectivity index (χ2n) is 5.11. The molecule has 0 aliphatic rings. The van der Waals surface area contributed by atoms with E-state index in [1.807, 2.05) is 44.2 Å². The average Bonchev–Trinajstić information content (AvgIpc) is 2.55. The van der Waals surface area contributed by atoms with E-state index < -0.39 is 0 Å². The average molecular weight is 299 g/mol. The lowest BCUT2D eigenvalue weighted by Gasteiger charge is -2.16. The van der Waals surface area contributed by atoms with Gasteiger partial charge in [-0.25, -0.2) is 0 Å². The number of methoxy groups -OCH3 is 2. The van der Waals surface area contributed by atoms with Crippen molar-refractivity contribution < 1.29 is 14.3 Å². The minimum Gasteiger partial charge on any atom is -0.496 e. The summed E-state index contributed by atoms with van der Waals surface area (Å²) in [7, 11) is 3.16. The molecule has 116 valence electrons. The zero-order valence-electron chi connectivity index (χ0n) is 13.3. The van der Waals surface area contributed by atoms with E-state index in [1.54, 1.807) is 26.4 Å². The van der Waals surface area contributed by atoms with Gasteiger partial charge < -0.3 is 14.8 Å². The van der Waals surface area contributed by atoms with Gasteiger partial charge in [-0.1, -0.05) is 30.3 Å². The van der Waals surface area contributed by atoms with Crippen molar-refractivity contribution >= 4 is 5.91 Å². The van der Waals surface area contributed by atoms with E-state index in [-0.39, 0.29) is 11.9 Å². The summed E-state index contributed by atoms with van der Waals surface area (Å²) < 4.78 is 10.6. The van der Waals surface area contributed by atoms with Crippen LogP contribution in [0, 0.1) is 6.92 Å². The lowest BCUT2D eigenvalue weighted by atomic mass is 10.1. The third-order valence-electron chi connectivity index (χ3n) is 3.66. The molecule has 1 atom stereocenters. The monoisotopic (exact) mass is 299 g/mol. The van der Waals surface area contributed by atoms with Crippen molar-refractivity contribution in [3.05, 3.63) is 59.2 Å². The molecular weight excluding hydrogens is 278 g/mol. The Kier molecular flexibility index (Phi) is 5.04. The summed E-state index contributed by atoms with van der Waals surface area (Å²) >= 11 is 0. The molecule has 4 nitrogen and oxygen atoms in total. The Morgan fingerprint density at radius 3 is 2.09 bits per heavy atom. The van der Waals surface area contributed by atoms with Crippen LogP contribution in [0.15, 0.2) is 42.5 Å². The molecule has 0 aliphatic heterocycles. The second-order valence-corrected chi connectivity index (χ2v) is 5.11. The van der Waals surface area contributed by atoms with Crippen LogP contribution < -0.4 is 14.8 Å². The van der Waals surface area contributed by atoms with Crippen LogP contribution in [0.4, 0.5) is 0 Å². The van der Waals surface area contributed by atoms with Gasteiger partial charge >= 0.3 is 0 Å². The SMILES string of the molecule is COc1cc(C(=O)NC(C)c2ccccc2)cc(OC)c1C. The minimum absolute atomic E-state index is 0.0769. The van der Waals surface area contributed by atoms with E-state index in [1.165, 1.54) is 0 Å². The number of benzene rings is 2. The third-order valence-corrected chi connectivity index (χ3v) is 3.66. The van der Waals surface area contributed by atoms with Crippen LogP contribution in [-0.2, 0) is 0 Å². The summed E-state index contributed by atoms with van der Waals surface area (Å²) in [6.45, 7) is 3.85. The van der Waals surface area contributed by atoms with Crippen LogP contribution in [0.2, 0.25) is 0 Å². The smallest absolute Gasteiger partial charge is 0.252 e. The van der Waals surface area contributed by atoms with Crippen molar-refractivity contribution in [3.63, 3.8) is 0 Å². The number of nitrogens with one attached hydrogen (secondary N) is 1. The van der Waals surface area contributed by atoms with Crippen LogP contribution in [0.3, 0.4) is 0 Å². The molecule has 0 aliphatic carbocycles. The quantitative estimate of drug-likeness (QED) is 0.919. The molecule has 0 heterocycles. The lowest BCUT2D eigenvalue weighted by molar-refractivity contribution is 0.0939. The molecule has 0 bridgehead atoms. The normalized spacial score (nSPS) is 11.6. The van der Waals surface area contributed by atoms with Crippen LogP contribution in [-0.4, -0.2) is 20.1 Å². The van der Waals surface area contributed by atoms with E-state index in [0.717, 1.165) is 11.1 Å². The Morgan fingerprint density at radius 1 is 1.05 bits per heavy atom. The highest BCUT2D eigenvalue weighted by molar-refractivity contribution is 5.95. The fraction of sp³-hybridized carbons (Fsp3) is 0.278. The summed E-state index contributed by atoms with van der Waals surface area (Å²) in [6.07, 6.45) is 0. The van der Waals surface area contributed by atoms with Gasteiger partial charge in [0.2, 0.25) is 0 Å². The number of rotatable bonds is 5. The van der Waals surface area contributed by atoms with E-state index in [2.05, 4.69) is 5.32 Å². The number of carbonyl (C=O) groups excluding carboxylic acids is 1. The third kappa shape index (κ3) is 3.39. The molecular formula is C18H21NO3. The van der Waals surface area contributed by atoms with Gasteiger partial charge in [0.1, 0.15) is 11.5 Å². The highest BCUT2D eigenvalue weighted by atomic mass is 16.5. The zero-order valence-corrected chi connectivity index (χ0v) is 13.3. The Balaban J connectivity index is 2.22. The van der Waals surface area contributed by atoms with Crippen molar-refractivity contribution in [2.24, 2.45) is 0 Å². The first-order valence-corrected chi connectivity index (χ1v) is 7.15. The van der Waals surface area contributed by atoms with Crippen LogP contribution in [0.1, 0.15) is 34.5 Å². The van der Waals surface area contributed by atoms with Crippen molar-refractivity contribution in [1.29, 1.82) is 0 Å². The molecule has 0 aromatic heterocycles. The first-order valence-electron chi connectivity index (χ1n) is 7.15. The molecule has 1 unspecified atom stereocenters. The number of hydrogen-bond acceptors (Lipinski definition) is 3. The summed E-state index contributed by atoms with van der Waals surface area (Å²) in [5.41, 5.74) is 2.45. The number of carbonyl (C=O) groups is 1. The Bertz CT molecular complexity index is 628. The van der Waals surface area contributed by atoms with Gasteiger partial charge in [0.15, 0.2) is 0 Å². The first-order chi connectivity index (χ1) is 10.6. The predicted molar refractivity (Wildman–Crippen MR) is 86.6 cm³/mol. The standard InChI is InChI=1S/C18H21NO3/c1-12-16(21-3)10-15(11-17(12)22-4)18(20)19-13(2)14-8-6-5-7-9-14/h5-11,13H,1-4H3,(H,19,20). The van der Waals surface area contributed by atoms with Crippen molar-refractivity contribution in [3.8, 4) is 11.5 Å². The number of amides is 1. The van der Waals surface area contributed by atoms with E-state index in [0.29, 0.717) is 17.1 Å². The van der Waals surface area contributed by atoms with E-state index in [9.17, 15) is 4.79 Å². The van der Waals surface area contributed by atoms with Crippen LogP contribution in [0.5, 0.6) is 11.5 Å². The molecule has 0 saturated heterocycles. The molecule has 22 heavy (non-hydrogen) atoms. The van der Waals surface area contributed by atoms with E-state index >= 15 is 0 Å². The molecule has 2 aromatic rings. The van der Waals surface area contributed by atoms with Crippen LogP contribution >= 0.6 is 0 Å². The molecule has 2 aromatic carbocycles. The first kappa shape index (κ1) is 15.9. The maximum absolute atomic E-state index is 12.5. The maximum Gasteiger partial charge on any atom is 0.252 e. The molecule has 4 heteroatoms. The summed E-state index contributed by atoms with van der Waals surface area (Å²) in [5, 5.41) is 2.98. The Labute approximate surface area is 131 Å². The predicted octanol–water partition coefficient (Wildman–Crippen LogP) is 3.50. The number of ether oxygens (including phenoxy) is 2. The van der Waals surface area contributed by atoms with E-state index in [4.69, 9.17) is 9.47 Å². The molecule has 1 amide bonds. The minimum atomic E-state index is -0.159. The zero-order chi connectivity index (χ0) is 16.1. The van der Waals surface area contributed by atoms with Gasteiger partial charge in [-0.2, -0.15) is 0 Å². The molecule has 0 spiro atoms. The lowest BCUT2D eigenvalue weighted by Crippen LogP contribution is -2.26. The maximum atomic E-state index is 12.5. The van der Waals surface area contributed by atoms with Gasteiger partial charge in [-0.15, -0.1) is 0 Å². The van der Waals surface area contributed by atoms with Gasteiger partial charge in [-0.3, -0.25) is 4.79 Å². The number of hydrogen-bond donors (Lipinski definition) is 1. The van der Waals surface area contributed by atoms with Gasteiger partial charge in [0.05, 0.1) is 20.3 Å². The molecule has 0 fully saturated rings. The summed E-state index contributed by atoms with van der Waals surface area (Å²) in [6, 6.07) is 13.2. The topological polar surface area (TPSA) is 47.6 Å². The highest BCUT2D eigenvalue weighted by Crippen LogP contribution is 2.29. The van der Waals surface area contributed by atoms with Gasteiger partial charge in [0, 0.05) is 11.1 Å². The second kappa shape index (κ2) is 6.98. The molecule has 0 saturated carbocycles. The van der Waals surface area contributed by atoms with Crippen molar-refractivity contribution in [2.75, 3.05) is 14.2 Å². The molecule has 0 radical (unpaired) electrons. The van der Waals surface area contributed by atoms with Crippen LogP contribution in [0.25, 0.3) is 0 Å². The summed E-state index contributed by atoms with van der Waals surface area (Å²) in [4.78, 5) is 12.5. The van der Waals surface area contributed by atoms with Gasteiger partial charge in [-0.05, 0) is 31.5 Å². The Morgan fingerprint density at radius 2 is 1.59 bits per heavy atom. The van der Waals surface area contributed by atoms with Crippen molar-refractivity contribution in [2.45, 2.75) is 19.9 Å². The largest absolute Gasteiger partial charge is 0.496 e. The fourth-order valence-electron chi connectivity index (χ4n) is 2.32. The highest BCUT2D eigenvalue weighted by Gasteiger charge is 2.15. The molecule has 2 rings (SSSR count). The van der Waals surface area contributed by atoms with Gasteiger partial charge in [0.25, 0.3) is 5.91 Å². The molecule has 1 N–H and O–H groups in total. The summed E-state index contributed by atoms with van der Waals surface area (Å²) in [5.74, 6) is 1.11.